The fourth-order valence-electron chi connectivity index (χ4n) is 5.21. The molecule has 0 bridgehead atoms. The molecule has 0 radical (unpaired) electrons. The summed E-state index contributed by atoms with van der Waals surface area (Å²) >= 11 is 6.35. The lowest BCUT2D eigenvalue weighted by Gasteiger charge is -2.35. The number of halogens is 1. The number of morpholine rings is 1. The molecule has 3 aromatic rings. The molecule has 35 heavy (non-hydrogen) atoms. The Kier molecular flexibility index (Phi) is 6.80. The van der Waals surface area contributed by atoms with E-state index in [0.29, 0.717) is 35.5 Å². The summed E-state index contributed by atoms with van der Waals surface area (Å²) in [6.45, 7) is 7.37. The smallest absolute Gasteiger partial charge is 0.208 e. The van der Waals surface area contributed by atoms with Gasteiger partial charge in [0.1, 0.15) is 11.2 Å². The Balaban J connectivity index is 1.73. The lowest BCUT2D eigenvalue weighted by atomic mass is 9.83. The molecule has 2 fully saturated rings. The molecule has 1 saturated carbocycles. The lowest BCUT2D eigenvalue weighted by molar-refractivity contribution is 0.0976. The van der Waals surface area contributed by atoms with Gasteiger partial charge in [-0.2, -0.15) is 4.98 Å². The van der Waals surface area contributed by atoms with Crippen molar-refractivity contribution in [3.05, 3.63) is 35.1 Å². The number of anilines is 1. The zero-order chi connectivity index (χ0) is 24.5. The van der Waals surface area contributed by atoms with Gasteiger partial charge in [-0.25, -0.2) is 9.97 Å². The summed E-state index contributed by atoms with van der Waals surface area (Å²) in [6, 6.07) is 7.73. The van der Waals surface area contributed by atoms with Gasteiger partial charge in [0.15, 0.2) is 5.65 Å². The molecule has 3 heterocycles. The van der Waals surface area contributed by atoms with Gasteiger partial charge in [-0.3, -0.25) is 0 Å². The second-order valence-corrected chi connectivity index (χ2v) is 10.3. The second kappa shape index (κ2) is 9.99. The highest BCUT2D eigenvalue weighted by Crippen LogP contribution is 2.36. The van der Waals surface area contributed by atoms with Crippen LogP contribution in [0.5, 0.6) is 0 Å². The first-order valence-corrected chi connectivity index (χ1v) is 12.7. The number of oxime groups is 1. The van der Waals surface area contributed by atoms with E-state index in [4.69, 9.17) is 32.0 Å². The standard InChI is InChI=1S/C25H32ClN7O2/c1-15-6-8-17(9-7-15)13-33-21-20(18-4-3-5-19(26)12-18)28-24(22(27)31-34)29-23(21)30-25(33)32-10-11-35-14-16(32)2/h3-5,12,15-17,34H,6-11,13-14H2,1-2H3,(H2,27,31)/t15?,16-,17?/m1/s1. The van der Waals surface area contributed by atoms with Crippen molar-refractivity contribution in [1.29, 1.82) is 0 Å². The average molecular weight is 498 g/mol. The molecular weight excluding hydrogens is 466 g/mol. The molecule has 1 aliphatic heterocycles. The predicted molar refractivity (Wildman–Crippen MR) is 137 cm³/mol. The van der Waals surface area contributed by atoms with E-state index in [-0.39, 0.29) is 17.7 Å². The number of hydrogen-bond donors (Lipinski definition) is 2. The van der Waals surface area contributed by atoms with Gasteiger partial charge in [-0.15, -0.1) is 0 Å². The van der Waals surface area contributed by atoms with E-state index in [1.165, 1.54) is 25.7 Å². The Morgan fingerprint density at radius 2 is 2.00 bits per heavy atom. The number of nitrogens with two attached hydrogens (primary N) is 1. The van der Waals surface area contributed by atoms with Crippen molar-refractivity contribution in [1.82, 2.24) is 19.5 Å². The minimum Gasteiger partial charge on any atom is -0.409 e. The van der Waals surface area contributed by atoms with Crippen molar-refractivity contribution in [2.24, 2.45) is 22.7 Å². The molecule has 2 aromatic heterocycles. The van der Waals surface area contributed by atoms with Crippen molar-refractivity contribution >= 4 is 34.5 Å². The number of hydrogen-bond acceptors (Lipinski definition) is 7. The quantitative estimate of drug-likeness (QED) is 0.234. The van der Waals surface area contributed by atoms with Crippen LogP contribution in [0.15, 0.2) is 29.4 Å². The topological polar surface area (TPSA) is 115 Å². The summed E-state index contributed by atoms with van der Waals surface area (Å²) in [5, 5.41) is 13.1. The van der Waals surface area contributed by atoms with Gasteiger partial charge < -0.3 is 25.1 Å². The number of nitrogens with zero attached hydrogens (tertiary/aromatic N) is 6. The average Bonchev–Trinajstić information content (AvgIpc) is 3.22. The number of amidine groups is 1. The number of benzene rings is 1. The first-order valence-electron chi connectivity index (χ1n) is 12.3. The maximum Gasteiger partial charge on any atom is 0.208 e. The van der Waals surface area contributed by atoms with E-state index in [0.717, 1.165) is 36.0 Å². The molecule has 10 heteroatoms. The molecule has 1 saturated heterocycles. The Labute approximate surface area is 210 Å². The highest BCUT2D eigenvalue weighted by atomic mass is 35.5. The van der Waals surface area contributed by atoms with Gasteiger partial charge >= 0.3 is 0 Å². The SMILES string of the molecule is CC1CCC(Cn2c(N3CCOC[C@H]3C)nc3nc(C(N)=NO)nc(-c4cccc(Cl)c4)c32)CC1. The minimum atomic E-state index is -0.160. The Morgan fingerprint density at radius 1 is 1.20 bits per heavy atom. The number of rotatable bonds is 5. The van der Waals surface area contributed by atoms with Gasteiger partial charge in [0.25, 0.3) is 0 Å². The molecule has 5 rings (SSSR count). The van der Waals surface area contributed by atoms with Crippen molar-refractivity contribution < 1.29 is 9.94 Å². The van der Waals surface area contributed by atoms with E-state index >= 15 is 0 Å². The van der Waals surface area contributed by atoms with Crippen LogP contribution in [0.3, 0.4) is 0 Å². The summed E-state index contributed by atoms with van der Waals surface area (Å²) in [4.78, 5) is 16.7. The Bertz CT molecular complexity index is 1240. The summed E-state index contributed by atoms with van der Waals surface area (Å²) in [5.74, 6) is 2.16. The summed E-state index contributed by atoms with van der Waals surface area (Å²) in [5.41, 5.74) is 8.79. The molecule has 1 aromatic carbocycles. The van der Waals surface area contributed by atoms with Gasteiger partial charge in [-0.05, 0) is 43.7 Å². The largest absolute Gasteiger partial charge is 0.409 e. The predicted octanol–water partition coefficient (Wildman–Crippen LogP) is 4.29. The maximum atomic E-state index is 9.32. The van der Waals surface area contributed by atoms with Crippen molar-refractivity contribution in [2.45, 2.75) is 52.1 Å². The molecule has 0 amide bonds. The van der Waals surface area contributed by atoms with Gasteiger partial charge in [0.05, 0.1) is 19.3 Å². The molecule has 9 nitrogen and oxygen atoms in total. The summed E-state index contributed by atoms with van der Waals surface area (Å²) < 4.78 is 7.98. The van der Waals surface area contributed by atoms with Gasteiger partial charge in [0.2, 0.25) is 17.6 Å². The third-order valence-corrected chi connectivity index (χ3v) is 7.45. The van der Waals surface area contributed by atoms with Crippen LogP contribution >= 0.6 is 11.6 Å². The van der Waals surface area contributed by atoms with E-state index in [1.807, 2.05) is 24.3 Å². The van der Waals surface area contributed by atoms with E-state index < -0.39 is 0 Å². The third kappa shape index (κ3) is 4.79. The molecule has 3 N–H and O–H groups in total. The van der Waals surface area contributed by atoms with E-state index in [1.54, 1.807) is 0 Å². The van der Waals surface area contributed by atoms with Crippen LogP contribution in [0.2, 0.25) is 5.02 Å². The van der Waals surface area contributed by atoms with Crippen LogP contribution in [0.1, 0.15) is 45.4 Å². The maximum absolute atomic E-state index is 9.32. The number of ether oxygens (including phenoxy) is 1. The molecule has 186 valence electrons. The van der Waals surface area contributed by atoms with Crippen LogP contribution in [0.25, 0.3) is 22.4 Å². The van der Waals surface area contributed by atoms with Crippen LogP contribution in [-0.2, 0) is 11.3 Å². The van der Waals surface area contributed by atoms with Crippen LogP contribution in [0, 0.1) is 11.8 Å². The number of imidazole rings is 1. The number of fused-ring (bicyclic) bond motifs is 1. The van der Waals surface area contributed by atoms with Crippen LogP contribution in [0.4, 0.5) is 5.95 Å². The van der Waals surface area contributed by atoms with Gasteiger partial charge in [0, 0.05) is 23.7 Å². The molecular formula is C25H32ClN7O2. The second-order valence-electron chi connectivity index (χ2n) is 9.83. The van der Waals surface area contributed by atoms with Crippen LogP contribution in [-0.4, -0.2) is 56.4 Å². The van der Waals surface area contributed by atoms with Crippen molar-refractivity contribution in [2.75, 3.05) is 24.7 Å². The minimum absolute atomic E-state index is 0.132. The van der Waals surface area contributed by atoms with E-state index in [9.17, 15) is 5.21 Å². The van der Waals surface area contributed by atoms with Gasteiger partial charge in [-0.1, -0.05) is 48.7 Å². The van der Waals surface area contributed by atoms with Crippen LogP contribution < -0.4 is 10.6 Å². The highest BCUT2D eigenvalue weighted by Gasteiger charge is 2.30. The summed E-state index contributed by atoms with van der Waals surface area (Å²) in [6.07, 6.45) is 4.86. The molecule has 0 unspecified atom stereocenters. The Morgan fingerprint density at radius 3 is 2.71 bits per heavy atom. The zero-order valence-corrected chi connectivity index (χ0v) is 20.9. The van der Waals surface area contributed by atoms with Crippen molar-refractivity contribution in [3.63, 3.8) is 0 Å². The Hall–Kier alpha value is -2.91. The number of aromatic nitrogens is 4. The third-order valence-electron chi connectivity index (χ3n) is 7.22. The van der Waals surface area contributed by atoms with Crippen molar-refractivity contribution in [3.8, 4) is 11.3 Å². The summed E-state index contributed by atoms with van der Waals surface area (Å²) in [7, 11) is 0. The van der Waals surface area contributed by atoms with E-state index in [2.05, 4.69) is 33.5 Å². The monoisotopic (exact) mass is 497 g/mol. The molecule has 0 spiro atoms. The zero-order valence-electron chi connectivity index (χ0n) is 20.2. The molecule has 1 aliphatic carbocycles. The normalized spacial score (nSPS) is 23.7. The first-order chi connectivity index (χ1) is 16.9. The molecule has 1 atom stereocenters. The first kappa shape index (κ1) is 23.8. The fourth-order valence-corrected chi connectivity index (χ4v) is 5.40. The molecule has 2 aliphatic rings. The highest BCUT2D eigenvalue weighted by molar-refractivity contribution is 6.30. The lowest BCUT2D eigenvalue weighted by Crippen LogP contribution is -2.45. The fraction of sp³-hybridized carbons (Fsp3) is 0.520.